The zero-order valence-electron chi connectivity index (χ0n) is 21.7. The molecule has 0 aromatic heterocycles. The minimum absolute atomic E-state index is 0.0293. The van der Waals surface area contributed by atoms with Crippen LogP contribution in [0.5, 0.6) is 11.5 Å². The average molecular weight is 593 g/mol. The summed E-state index contributed by atoms with van der Waals surface area (Å²) in [5.41, 5.74) is 1.44. The number of hydrogen-bond donors (Lipinski definition) is 0. The lowest BCUT2D eigenvalue weighted by Gasteiger charge is -2.15. The van der Waals surface area contributed by atoms with Crippen LogP contribution in [0.2, 0.25) is 0 Å². The molecule has 2 heterocycles. The average Bonchev–Trinajstić information content (AvgIpc) is 3.30. The van der Waals surface area contributed by atoms with Crippen molar-refractivity contribution in [1.29, 1.82) is 0 Å². The molecule has 0 bridgehead atoms. The summed E-state index contributed by atoms with van der Waals surface area (Å²) >= 11 is 0. The maximum Gasteiger partial charge on any atom is 0.271 e. The van der Waals surface area contributed by atoms with Gasteiger partial charge in [0, 0.05) is 0 Å². The lowest BCUT2D eigenvalue weighted by molar-refractivity contribution is 0.0780. The van der Waals surface area contributed by atoms with E-state index in [-0.39, 0.29) is 34.4 Å². The zero-order chi connectivity index (χ0) is 29.2. The normalized spacial score (nSPS) is 15.9. The van der Waals surface area contributed by atoms with Gasteiger partial charge in [0.15, 0.2) is 13.5 Å². The van der Waals surface area contributed by atoms with E-state index < -0.39 is 31.9 Å². The van der Waals surface area contributed by atoms with Crippen molar-refractivity contribution in [2.24, 2.45) is 0 Å². The lowest BCUT2D eigenvalue weighted by Crippen LogP contribution is -2.33. The first-order valence-electron chi connectivity index (χ1n) is 12.3. The van der Waals surface area contributed by atoms with Gasteiger partial charge in [0.05, 0.1) is 11.1 Å². The van der Waals surface area contributed by atoms with Crippen LogP contribution in [0.25, 0.3) is 0 Å². The predicted molar refractivity (Wildman–Crippen MR) is 148 cm³/mol. The van der Waals surface area contributed by atoms with Crippen LogP contribution in [-0.2, 0) is 20.0 Å². The number of aryl methyl sites for hydroxylation is 1. The molecule has 2 aliphatic rings. The molecule has 10 nitrogen and oxygen atoms in total. The molecule has 4 aromatic rings. The summed E-state index contributed by atoms with van der Waals surface area (Å²) in [4.78, 5) is 24.3. The van der Waals surface area contributed by atoms with Gasteiger partial charge in [-0.3, -0.25) is 9.59 Å². The van der Waals surface area contributed by atoms with E-state index in [4.69, 9.17) is 9.47 Å². The molecule has 0 saturated heterocycles. The Balaban J connectivity index is 0.000000165. The number of fused-ring (bicyclic) bond motifs is 2. The van der Waals surface area contributed by atoms with Crippen molar-refractivity contribution < 1.29 is 35.9 Å². The summed E-state index contributed by atoms with van der Waals surface area (Å²) in [6.07, 6.45) is 0. The first-order valence-corrected chi connectivity index (χ1v) is 15.2. The Kier molecular flexibility index (Phi) is 7.52. The first kappa shape index (κ1) is 27.9. The Morgan fingerprint density at radius 3 is 1.37 bits per heavy atom. The van der Waals surface area contributed by atoms with E-state index in [2.05, 4.69) is 0 Å². The maximum atomic E-state index is 12.3. The second-order valence-electron chi connectivity index (χ2n) is 8.98. The predicted octanol–water partition coefficient (Wildman–Crippen LogP) is 4.04. The molecule has 2 amide bonds. The van der Waals surface area contributed by atoms with Crippen molar-refractivity contribution >= 4 is 31.9 Å². The van der Waals surface area contributed by atoms with E-state index in [0.717, 1.165) is 14.2 Å². The quantitative estimate of drug-likeness (QED) is 0.328. The second kappa shape index (κ2) is 11.1. The van der Waals surface area contributed by atoms with Crippen molar-refractivity contribution in [2.45, 2.75) is 16.7 Å². The molecular weight excluding hydrogens is 568 g/mol. The highest BCUT2D eigenvalue weighted by Crippen LogP contribution is 2.31. The van der Waals surface area contributed by atoms with Crippen molar-refractivity contribution in [3.8, 4) is 11.5 Å². The molecular formula is C29H24N2O8S2. The monoisotopic (exact) mass is 592 g/mol. The minimum Gasteiger partial charge on any atom is -0.472 e. The van der Waals surface area contributed by atoms with Gasteiger partial charge in [-0.15, -0.1) is 0 Å². The molecule has 0 radical (unpaired) electrons. The van der Waals surface area contributed by atoms with Crippen LogP contribution >= 0.6 is 0 Å². The molecule has 0 fully saturated rings. The number of amides is 2. The third-order valence-corrected chi connectivity index (χ3v) is 9.81. The standard InChI is InChI=1S/C15H13NO4S.C14H11NO4S/c1-11-6-8-12(9-7-11)20-10-16-15(17)13-4-2-3-5-14(13)21(16,18)19;16-14-12-8-4-5-9-13(12)20(17,18)15(14)10-19-11-6-2-1-3-7-11/h2-9H,10H2,1H3;1-9H,10H2. The number of rotatable bonds is 6. The number of hydrogen-bond acceptors (Lipinski definition) is 8. The summed E-state index contributed by atoms with van der Waals surface area (Å²) < 4.78 is 61.3. The van der Waals surface area contributed by atoms with Crippen LogP contribution in [0.4, 0.5) is 0 Å². The van der Waals surface area contributed by atoms with Gasteiger partial charge < -0.3 is 9.47 Å². The Morgan fingerprint density at radius 1 is 0.537 bits per heavy atom. The van der Waals surface area contributed by atoms with Gasteiger partial charge in [0.25, 0.3) is 31.9 Å². The first-order chi connectivity index (χ1) is 19.6. The Hall–Kier alpha value is -4.68. The third kappa shape index (κ3) is 5.39. The van der Waals surface area contributed by atoms with Crippen molar-refractivity contribution in [3.05, 3.63) is 120 Å². The molecule has 0 aliphatic carbocycles. The van der Waals surface area contributed by atoms with Gasteiger partial charge >= 0.3 is 0 Å². The molecule has 0 N–H and O–H groups in total. The van der Waals surface area contributed by atoms with Gasteiger partial charge in [0.2, 0.25) is 0 Å². The minimum atomic E-state index is -3.82. The summed E-state index contributed by atoms with van der Waals surface area (Å²) in [7, 11) is -7.62. The van der Waals surface area contributed by atoms with Crippen LogP contribution < -0.4 is 9.47 Å². The molecule has 0 atom stereocenters. The van der Waals surface area contributed by atoms with Crippen molar-refractivity contribution in [2.75, 3.05) is 13.5 Å². The van der Waals surface area contributed by atoms with Gasteiger partial charge in [-0.25, -0.2) is 16.8 Å². The number of sulfonamides is 2. The molecule has 0 unspecified atom stereocenters. The zero-order valence-corrected chi connectivity index (χ0v) is 23.3. The fraction of sp³-hybridized carbons (Fsp3) is 0.103. The van der Waals surface area contributed by atoms with E-state index >= 15 is 0 Å². The lowest BCUT2D eigenvalue weighted by atomic mass is 10.2. The highest BCUT2D eigenvalue weighted by atomic mass is 32.2. The van der Waals surface area contributed by atoms with E-state index in [1.165, 1.54) is 24.3 Å². The Morgan fingerprint density at radius 2 is 0.927 bits per heavy atom. The fourth-order valence-corrected chi connectivity index (χ4v) is 6.99. The summed E-state index contributed by atoms with van der Waals surface area (Å²) in [6.45, 7) is 1.27. The van der Waals surface area contributed by atoms with Crippen LogP contribution in [0.3, 0.4) is 0 Å². The summed E-state index contributed by atoms with van der Waals surface area (Å²) in [5.74, 6) is -0.0970. The number of ether oxygens (including phenoxy) is 2. The smallest absolute Gasteiger partial charge is 0.271 e. The molecule has 12 heteroatoms. The largest absolute Gasteiger partial charge is 0.472 e. The number of benzene rings is 4. The number of carbonyl (C=O) groups excluding carboxylic acids is 2. The fourth-order valence-electron chi connectivity index (χ4n) is 4.13. The molecule has 41 heavy (non-hydrogen) atoms. The van der Waals surface area contributed by atoms with Crippen LogP contribution in [-0.4, -0.2) is 50.7 Å². The molecule has 2 aliphatic heterocycles. The van der Waals surface area contributed by atoms with Crippen molar-refractivity contribution in [3.63, 3.8) is 0 Å². The van der Waals surface area contributed by atoms with Crippen LogP contribution in [0.1, 0.15) is 26.3 Å². The molecule has 0 saturated carbocycles. The van der Waals surface area contributed by atoms with Gasteiger partial charge in [-0.05, 0) is 55.5 Å². The van der Waals surface area contributed by atoms with E-state index in [9.17, 15) is 26.4 Å². The topological polar surface area (TPSA) is 127 Å². The van der Waals surface area contributed by atoms with Gasteiger partial charge in [-0.2, -0.15) is 8.61 Å². The molecule has 210 valence electrons. The number of nitrogens with zero attached hydrogens (tertiary/aromatic N) is 2. The number of para-hydroxylation sites is 1. The highest BCUT2D eigenvalue weighted by molar-refractivity contribution is 7.90. The van der Waals surface area contributed by atoms with Crippen LogP contribution in [0, 0.1) is 6.92 Å². The maximum absolute atomic E-state index is 12.3. The second-order valence-corrected chi connectivity index (χ2v) is 12.6. The summed E-state index contributed by atoms with van der Waals surface area (Å²) in [5, 5.41) is 0. The molecule has 0 spiro atoms. The highest BCUT2D eigenvalue weighted by Gasteiger charge is 2.42. The molecule has 4 aromatic carbocycles. The van der Waals surface area contributed by atoms with Gasteiger partial charge in [-0.1, -0.05) is 60.2 Å². The SMILES string of the molecule is Cc1ccc(OCN2C(=O)c3ccccc3S2(=O)=O)cc1.O=C1c2ccccc2S(=O)(=O)N1COc1ccccc1. The Labute approximate surface area is 237 Å². The summed E-state index contributed by atoms with van der Waals surface area (Å²) in [6, 6.07) is 28.2. The molecule has 6 rings (SSSR count). The number of carbonyl (C=O) groups is 2. The Bertz CT molecular complexity index is 1820. The van der Waals surface area contributed by atoms with E-state index in [1.54, 1.807) is 60.7 Å². The van der Waals surface area contributed by atoms with E-state index in [1.807, 2.05) is 25.1 Å². The van der Waals surface area contributed by atoms with Crippen molar-refractivity contribution in [1.82, 2.24) is 8.61 Å². The van der Waals surface area contributed by atoms with Crippen LogP contribution in [0.15, 0.2) is 113 Å². The third-order valence-electron chi connectivity index (χ3n) is 6.29. The van der Waals surface area contributed by atoms with E-state index in [0.29, 0.717) is 11.5 Å². The van der Waals surface area contributed by atoms with Gasteiger partial charge in [0.1, 0.15) is 21.3 Å².